The number of carbonyl (C=O) groups excluding carboxylic acids is 1. The van der Waals surface area contributed by atoms with Crippen LogP contribution in [0, 0.1) is 6.07 Å². The molecule has 4 fully saturated rings. The zero-order valence-corrected chi connectivity index (χ0v) is 98.9. The Labute approximate surface area is 920 Å². The maximum atomic E-state index is 10.5. The van der Waals surface area contributed by atoms with E-state index in [9.17, 15) is 9.59 Å². The molecule has 1 spiro atoms. The maximum Gasteiger partial charge on any atom is 0.317 e. The van der Waals surface area contributed by atoms with Crippen LogP contribution in [-0.2, 0) is 88.5 Å². The molecule has 3 aliphatic heterocycles. The number of nitrogens with one attached hydrogen (secondary N) is 12. The topological polar surface area (TPSA) is 596 Å². The van der Waals surface area contributed by atoms with Crippen molar-refractivity contribution in [1.29, 1.82) is 0 Å². The number of carboxylic acids is 1. The van der Waals surface area contributed by atoms with Crippen molar-refractivity contribution in [3.8, 4) is 0 Å². The molecule has 2 aromatic carbocycles. The molecule has 6 rings (SSSR count). The largest absolute Gasteiger partial charge is 0.480 e. The zero-order chi connectivity index (χ0) is 109. The molecule has 1 saturated carbocycles. The fourth-order valence-corrected chi connectivity index (χ4v) is 12.3. The molecular formula is C108H242N25O12Y-. The summed E-state index contributed by atoms with van der Waals surface area (Å²) in [6.45, 7) is 60.7. The van der Waals surface area contributed by atoms with Gasteiger partial charge in [0.15, 0.2) is 5.79 Å². The number of rotatable bonds is 59. The smallest absolute Gasteiger partial charge is 0.317 e. The van der Waals surface area contributed by atoms with Gasteiger partial charge in [0.05, 0.1) is 91.4 Å². The number of carbonyl (C=O) groups is 2. The van der Waals surface area contributed by atoms with Crippen LogP contribution in [0.4, 0.5) is 0 Å². The molecule has 875 valence electrons. The zero-order valence-electron chi connectivity index (χ0n) is 96.1. The van der Waals surface area contributed by atoms with E-state index < -0.39 is 12.1 Å². The molecule has 3 heterocycles. The van der Waals surface area contributed by atoms with Crippen LogP contribution in [0.25, 0.3) is 0 Å². The Morgan fingerprint density at radius 2 is 0.822 bits per heavy atom. The van der Waals surface area contributed by atoms with Crippen LogP contribution in [0.5, 0.6) is 0 Å². The molecule has 3 saturated heterocycles. The van der Waals surface area contributed by atoms with Crippen LogP contribution in [0.15, 0.2) is 54.6 Å². The minimum atomic E-state index is -0.846. The molecular weight excluding hydrogens is 1930 g/mol. The Balaban J connectivity index is -0.000000171. The molecule has 1 atom stereocenters. The number of unbranched alkanes of at least 4 members (excludes halogenated alkanes) is 12. The van der Waals surface area contributed by atoms with E-state index in [2.05, 4.69) is 172 Å². The normalized spacial score (nSPS) is 14.4. The number of aliphatic carboxylic acids is 1. The van der Waals surface area contributed by atoms with E-state index in [1.165, 1.54) is 153 Å². The fourth-order valence-electron chi connectivity index (χ4n) is 12.3. The minimum Gasteiger partial charge on any atom is -0.480 e. The summed E-state index contributed by atoms with van der Waals surface area (Å²) in [5, 5.41) is 63.7. The van der Waals surface area contributed by atoms with Crippen molar-refractivity contribution >= 4 is 11.8 Å². The van der Waals surface area contributed by atoms with Gasteiger partial charge in [0.25, 0.3) is 0 Å². The SMILES string of the molecule is C1COCCNCCOCCN1.C1COCCNCCOCCOCCN1.CC(=O)CCCCNCC(=O)O.CCCCCC1COC2(CCCC2)O1.CCCCCN.CCCCCNCC.CCCCNCCC.CCCNCCCCCO.CCCNCc1[c-]cccc1.CNCCN(C)CCNC.NCC(O)CN.NCCCCN.NCCCCNCc1ccccc1.NCCN.NCCN(CCN)CCN.[Y]. The predicted molar refractivity (Wildman–Crippen MR) is 618 cm³/mol. The van der Waals surface area contributed by atoms with Crippen LogP contribution >= 0.6 is 0 Å². The number of nitrogens with two attached hydrogens (primary N) is 11. The molecule has 1 radical (unpaired) electrons. The summed E-state index contributed by atoms with van der Waals surface area (Å²) in [6.07, 6.45) is 33.8. The molecule has 38 heteroatoms. The summed E-state index contributed by atoms with van der Waals surface area (Å²) in [5.74, 6) is -0.800. The van der Waals surface area contributed by atoms with Gasteiger partial charge in [-0.05, 0) is 241 Å². The van der Waals surface area contributed by atoms with Gasteiger partial charge in [-0.15, -0.1) is 5.56 Å². The van der Waals surface area contributed by atoms with Gasteiger partial charge in [-0.25, -0.2) is 0 Å². The van der Waals surface area contributed by atoms with E-state index in [0.29, 0.717) is 71.6 Å². The molecule has 0 amide bonds. The van der Waals surface area contributed by atoms with Crippen LogP contribution < -0.4 is 127 Å². The Bertz CT molecular complexity index is 2330. The Hall–Kier alpha value is -2.68. The maximum absolute atomic E-state index is 10.5. The minimum absolute atomic E-state index is 0. The number of likely N-dealkylation sites (N-methyl/N-ethyl adjacent to an activating group) is 3. The van der Waals surface area contributed by atoms with Crippen LogP contribution in [0.3, 0.4) is 0 Å². The Morgan fingerprint density at radius 3 is 1.21 bits per heavy atom. The van der Waals surface area contributed by atoms with E-state index in [0.717, 1.165) is 287 Å². The number of benzene rings is 2. The number of hydrogen-bond acceptors (Lipinski definition) is 36. The standard InChI is InChI=1S/C12H22O2.C11H18N2.C10H22N2O3.C10H14N.C8H18N2O2.C8H15NO3.C8H19NO.C7H19N3.2C7H17N.C6H18N4.C5H13N.C4H12N2.C3H10N2O.C2H8N2.Y/c1-2-3-4-7-11-10-13-12(14-11)8-5-6-9-12;12-8-4-5-9-13-10-11-6-2-1-3-7-11;1-5-13-6-2-12-4-8-15-10-9-14-7-3-11-1;1-2-8-11-9-10-6-4-3-5-7-10;1-5-11-7-3-10-4-8-12-6-2-9-1;1-7(10)4-2-3-5-9-6-8(11)12;1-2-6-9-7-4-3-5-8-10;1-8-4-6-10(3)7-5-9-2;1-3-5-6-7-8-4-2;1-3-5-7-8-6-4-2;7-1-4-10(5-2-8)6-3-9;1-2-3-4-5-6;5-3-1-2-4-6;4-1-3(6)2-5;3-1-2-4;/h11H,2-10H2,1H3;1-3,6-7,13H,4-5,8-10,12H2;11-12H,1-10H2;3-6,11H,2,8-9H2,1H3;9-10H,1-8H2;9H,2-6H2,1H3,(H,11,12);9-10H,2-8H2,1H3;8-9H,4-7H2,1-3H3;2*8H,3-7H2,1-2H3;1-9H2;2-6H2,1H3;1-6H2;3,6H,1-2,4-5H2;1-4H2;/q;;;-1;;;;;;;;;;;;. The van der Waals surface area contributed by atoms with E-state index in [1.807, 2.05) is 38.4 Å². The Kier molecular flexibility index (Phi) is 174. The third-order valence-corrected chi connectivity index (χ3v) is 20.8. The van der Waals surface area contributed by atoms with Crippen LogP contribution in [0.1, 0.15) is 260 Å². The number of Topliss-reactive ketones (excluding diaryl/α,β-unsaturated/α-hetero) is 1. The third kappa shape index (κ3) is 161. The van der Waals surface area contributed by atoms with E-state index in [-0.39, 0.29) is 63.9 Å². The number of hydrogen-bond donors (Lipinski definition) is 26. The molecule has 1 unspecified atom stereocenters. The monoisotopic (exact) mass is 2170 g/mol. The molecule has 37 nitrogen and oxygen atoms in total. The van der Waals surface area contributed by atoms with Crippen molar-refractivity contribution in [3.05, 3.63) is 71.8 Å². The number of ether oxygens (including phenoxy) is 7. The van der Waals surface area contributed by atoms with Gasteiger partial charge >= 0.3 is 5.97 Å². The first-order chi connectivity index (χ1) is 70.8. The molecule has 0 bridgehead atoms. The van der Waals surface area contributed by atoms with Gasteiger partial charge in [-0.3, -0.25) is 9.69 Å². The first-order valence-corrected chi connectivity index (χ1v) is 56.5. The average molecular weight is 2170 g/mol. The second kappa shape index (κ2) is 155. The number of aliphatic hydroxyl groups excluding tert-OH is 2. The molecule has 2 aromatic rings. The van der Waals surface area contributed by atoms with Crippen molar-refractivity contribution in [2.45, 2.75) is 280 Å². The molecule has 0 aromatic heterocycles. The van der Waals surface area contributed by atoms with Crippen LogP contribution in [-0.4, -0.2) is 391 Å². The van der Waals surface area contributed by atoms with Gasteiger partial charge in [-0.2, -0.15) is 30.3 Å². The average Bonchev–Trinajstić information content (AvgIpc) is 1.67. The third-order valence-electron chi connectivity index (χ3n) is 20.8. The van der Waals surface area contributed by atoms with Gasteiger partial charge in [-0.1, -0.05) is 137 Å². The predicted octanol–water partition coefficient (Wildman–Crippen LogP) is 5.84. The molecule has 4 aliphatic rings. The van der Waals surface area contributed by atoms with Crippen molar-refractivity contribution in [1.82, 2.24) is 73.6 Å². The van der Waals surface area contributed by atoms with E-state index in [4.69, 9.17) is 112 Å². The fraction of sp³-hybridized carbons (Fsp3) is 0.870. The summed E-state index contributed by atoms with van der Waals surface area (Å²) in [5.41, 5.74) is 59.3. The summed E-state index contributed by atoms with van der Waals surface area (Å²) >= 11 is 0. The first kappa shape index (κ1) is 163. The van der Waals surface area contributed by atoms with E-state index >= 15 is 0 Å². The number of ketones is 1. The Morgan fingerprint density at radius 1 is 0.432 bits per heavy atom. The number of carboxylic acid groups (broad SMARTS) is 1. The van der Waals surface area contributed by atoms with Gasteiger partial charge in [0.2, 0.25) is 0 Å². The second-order valence-electron chi connectivity index (χ2n) is 35.1. The molecule has 37 N–H and O–H groups in total. The van der Waals surface area contributed by atoms with Crippen LogP contribution in [0.2, 0.25) is 0 Å². The van der Waals surface area contributed by atoms with Crippen molar-refractivity contribution in [2.24, 2.45) is 63.1 Å². The van der Waals surface area contributed by atoms with Gasteiger partial charge < -0.3 is 185 Å². The van der Waals surface area contributed by atoms with Gasteiger partial charge in [0, 0.05) is 209 Å². The van der Waals surface area contributed by atoms with Crippen molar-refractivity contribution in [3.63, 3.8) is 0 Å². The number of aliphatic hydroxyl groups is 2. The first-order valence-electron chi connectivity index (χ1n) is 56.5. The quantitative estimate of drug-likeness (QED) is 0.0273. The van der Waals surface area contributed by atoms with Gasteiger partial charge in [0.1, 0.15) is 5.78 Å². The molecule has 146 heavy (non-hydrogen) atoms. The van der Waals surface area contributed by atoms with Crippen molar-refractivity contribution < 1.29 is 90.8 Å². The molecule has 1 aliphatic carbocycles. The van der Waals surface area contributed by atoms with E-state index in [1.54, 1.807) is 6.92 Å². The van der Waals surface area contributed by atoms with Crippen molar-refractivity contribution in [2.75, 3.05) is 336 Å². The summed E-state index contributed by atoms with van der Waals surface area (Å²) in [7, 11) is 6.09. The second-order valence-corrected chi connectivity index (χ2v) is 35.1. The summed E-state index contributed by atoms with van der Waals surface area (Å²) in [4.78, 5) is 25.0. The number of nitrogens with zero attached hydrogens (tertiary/aromatic N) is 2. The summed E-state index contributed by atoms with van der Waals surface area (Å²) < 4.78 is 38.7. The summed E-state index contributed by atoms with van der Waals surface area (Å²) in [6, 6.07) is 21.7.